The lowest BCUT2D eigenvalue weighted by Crippen LogP contribution is -2.26. The van der Waals surface area contributed by atoms with Crippen molar-refractivity contribution in [2.24, 2.45) is 0 Å². The van der Waals surface area contributed by atoms with Crippen molar-refractivity contribution in [1.29, 1.82) is 0 Å². The van der Waals surface area contributed by atoms with Crippen molar-refractivity contribution in [2.75, 3.05) is 20.6 Å². The number of rotatable bonds is 8. The number of nitrogens with one attached hydrogen (secondary N) is 1. The van der Waals surface area contributed by atoms with Crippen molar-refractivity contribution < 1.29 is 0 Å². The summed E-state index contributed by atoms with van der Waals surface area (Å²) >= 11 is 0. The number of hydrogen-bond acceptors (Lipinski definition) is 3. The van der Waals surface area contributed by atoms with Gasteiger partial charge in [0, 0.05) is 18.8 Å². The fourth-order valence-corrected chi connectivity index (χ4v) is 2.01. The zero-order chi connectivity index (χ0) is 12.5. The van der Waals surface area contributed by atoms with E-state index < -0.39 is 0 Å². The molecule has 0 aromatic carbocycles. The molecule has 0 fully saturated rings. The van der Waals surface area contributed by atoms with Crippen LogP contribution in [0.1, 0.15) is 31.9 Å². The molecule has 0 bridgehead atoms. The highest BCUT2D eigenvalue weighted by Crippen LogP contribution is 2.04. The van der Waals surface area contributed by atoms with Crippen LogP contribution in [-0.2, 0) is 6.54 Å². The Morgan fingerprint density at radius 3 is 2.82 bits per heavy atom. The maximum atomic E-state index is 4.34. The zero-order valence-electron chi connectivity index (χ0n) is 11.3. The lowest BCUT2D eigenvalue weighted by atomic mass is 10.1. The molecule has 1 rings (SSSR count). The molecule has 1 heterocycles. The Labute approximate surface area is 105 Å². The largest absolute Gasteiger partial charge is 0.317 e. The Hall–Kier alpha value is -0.930. The van der Waals surface area contributed by atoms with Crippen LogP contribution in [0.4, 0.5) is 0 Å². The molecule has 0 aliphatic rings. The summed E-state index contributed by atoms with van der Waals surface area (Å²) in [7, 11) is 4.21. The Bertz CT molecular complexity index is 283. The number of aromatic nitrogens is 1. The third-order valence-electron chi connectivity index (χ3n) is 3.15. The minimum atomic E-state index is 0.665. The van der Waals surface area contributed by atoms with E-state index in [9.17, 15) is 0 Å². The molecule has 0 spiro atoms. The van der Waals surface area contributed by atoms with Crippen LogP contribution in [0.3, 0.4) is 0 Å². The molecular formula is C14H25N3. The molecule has 17 heavy (non-hydrogen) atoms. The van der Waals surface area contributed by atoms with Crippen LogP contribution in [0, 0.1) is 0 Å². The molecular weight excluding hydrogens is 210 g/mol. The van der Waals surface area contributed by atoms with E-state index in [0.717, 1.165) is 18.8 Å². The van der Waals surface area contributed by atoms with Gasteiger partial charge in [0.05, 0.1) is 5.69 Å². The quantitative estimate of drug-likeness (QED) is 0.749. The summed E-state index contributed by atoms with van der Waals surface area (Å²) in [6.45, 7) is 4.31. The Morgan fingerprint density at radius 2 is 2.24 bits per heavy atom. The van der Waals surface area contributed by atoms with Crippen LogP contribution in [0.25, 0.3) is 0 Å². The summed E-state index contributed by atoms with van der Waals surface area (Å²) in [6, 6.07) is 6.75. The standard InChI is InChI=1S/C14H25N3/c1-4-13(15-2)9-7-11-17(3)12-14-8-5-6-10-16-14/h5-6,8,10,13,15H,4,7,9,11-12H2,1-3H3. The third kappa shape index (κ3) is 5.80. The van der Waals surface area contributed by atoms with Crippen molar-refractivity contribution >= 4 is 0 Å². The summed E-state index contributed by atoms with van der Waals surface area (Å²) < 4.78 is 0. The van der Waals surface area contributed by atoms with Gasteiger partial charge in [-0.3, -0.25) is 4.98 Å². The molecule has 96 valence electrons. The van der Waals surface area contributed by atoms with Gasteiger partial charge in [0.25, 0.3) is 0 Å². The van der Waals surface area contributed by atoms with Gasteiger partial charge in [-0.15, -0.1) is 0 Å². The minimum absolute atomic E-state index is 0.665. The molecule has 3 heteroatoms. The second-order valence-corrected chi connectivity index (χ2v) is 4.59. The second kappa shape index (κ2) is 8.20. The lowest BCUT2D eigenvalue weighted by Gasteiger charge is -2.18. The first-order chi connectivity index (χ1) is 8.26. The van der Waals surface area contributed by atoms with E-state index in [-0.39, 0.29) is 0 Å². The predicted molar refractivity (Wildman–Crippen MR) is 72.9 cm³/mol. The molecule has 3 nitrogen and oxygen atoms in total. The highest BCUT2D eigenvalue weighted by Gasteiger charge is 2.04. The third-order valence-corrected chi connectivity index (χ3v) is 3.15. The van der Waals surface area contributed by atoms with E-state index in [1.807, 2.05) is 25.4 Å². The maximum Gasteiger partial charge on any atom is 0.0543 e. The van der Waals surface area contributed by atoms with Gasteiger partial charge < -0.3 is 10.2 Å². The molecule has 0 aliphatic heterocycles. The van der Waals surface area contributed by atoms with Crippen LogP contribution < -0.4 is 5.32 Å². The van der Waals surface area contributed by atoms with Crippen LogP contribution in [0.2, 0.25) is 0 Å². The monoisotopic (exact) mass is 235 g/mol. The van der Waals surface area contributed by atoms with Crippen molar-refractivity contribution in [1.82, 2.24) is 15.2 Å². The average molecular weight is 235 g/mol. The smallest absolute Gasteiger partial charge is 0.0543 e. The number of pyridine rings is 1. The molecule has 1 aromatic heterocycles. The molecule has 1 N–H and O–H groups in total. The molecule has 0 aliphatic carbocycles. The zero-order valence-corrected chi connectivity index (χ0v) is 11.3. The summed E-state index contributed by atoms with van der Waals surface area (Å²) in [5, 5.41) is 3.34. The minimum Gasteiger partial charge on any atom is -0.317 e. The van der Waals surface area contributed by atoms with Crippen LogP contribution in [0.15, 0.2) is 24.4 Å². The number of nitrogens with zero attached hydrogens (tertiary/aromatic N) is 2. The van der Waals surface area contributed by atoms with Gasteiger partial charge in [-0.1, -0.05) is 13.0 Å². The highest BCUT2D eigenvalue weighted by molar-refractivity contribution is 5.02. The molecule has 1 atom stereocenters. The van der Waals surface area contributed by atoms with Gasteiger partial charge in [-0.05, 0) is 52.0 Å². The van der Waals surface area contributed by atoms with E-state index in [4.69, 9.17) is 0 Å². The first-order valence-corrected chi connectivity index (χ1v) is 6.52. The van der Waals surface area contributed by atoms with Crippen LogP contribution in [0.5, 0.6) is 0 Å². The van der Waals surface area contributed by atoms with Crippen molar-refractivity contribution in [3.8, 4) is 0 Å². The first-order valence-electron chi connectivity index (χ1n) is 6.52. The summed E-state index contributed by atoms with van der Waals surface area (Å²) in [5.74, 6) is 0. The summed E-state index contributed by atoms with van der Waals surface area (Å²) in [5.41, 5.74) is 1.15. The first kappa shape index (κ1) is 14.1. The van der Waals surface area contributed by atoms with Gasteiger partial charge in [0.2, 0.25) is 0 Å². The van der Waals surface area contributed by atoms with E-state index in [1.165, 1.54) is 19.3 Å². The van der Waals surface area contributed by atoms with Crippen molar-refractivity contribution in [3.63, 3.8) is 0 Å². The van der Waals surface area contributed by atoms with Gasteiger partial charge in [-0.25, -0.2) is 0 Å². The average Bonchev–Trinajstić information content (AvgIpc) is 2.36. The van der Waals surface area contributed by atoms with E-state index >= 15 is 0 Å². The van der Waals surface area contributed by atoms with E-state index in [0.29, 0.717) is 6.04 Å². The van der Waals surface area contributed by atoms with Gasteiger partial charge in [0.1, 0.15) is 0 Å². The topological polar surface area (TPSA) is 28.2 Å². The molecule has 0 amide bonds. The Balaban J connectivity index is 2.19. The lowest BCUT2D eigenvalue weighted by molar-refractivity contribution is 0.306. The highest BCUT2D eigenvalue weighted by atomic mass is 15.1. The molecule has 0 saturated carbocycles. The molecule has 0 radical (unpaired) electrons. The summed E-state index contributed by atoms with van der Waals surface area (Å²) in [6.07, 6.45) is 5.56. The van der Waals surface area contributed by atoms with E-state index in [1.54, 1.807) is 0 Å². The van der Waals surface area contributed by atoms with Gasteiger partial charge in [-0.2, -0.15) is 0 Å². The molecule has 0 saturated heterocycles. The maximum absolute atomic E-state index is 4.34. The fourth-order valence-electron chi connectivity index (χ4n) is 2.01. The normalized spacial score (nSPS) is 12.9. The Morgan fingerprint density at radius 1 is 1.41 bits per heavy atom. The van der Waals surface area contributed by atoms with Gasteiger partial charge in [0.15, 0.2) is 0 Å². The number of hydrogen-bond donors (Lipinski definition) is 1. The van der Waals surface area contributed by atoms with Crippen molar-refractivity contribution in [3.05, 3.63) is 30.1 Å². The van der Waals surface area contributed by atoms with E-state index in [2.05, 4.69) is 35.2 Å². The molecule has 1 unspecified atom stereocenters. The predicted octanol–water partition coefficient (Wildman–Crippen LogP) is 2.29. The second-order valence-electron chi connectivity index (χ2n) is 4.59. The molecule has 1 aromatic rings. The summed E-state index contributed by atoms with van der Waals surface area (Å²) in [4.78, 5) is 6.68. The Kier molecular flexibility index (Phi) is 6.82. The van der Waals surface area contributed by atoms with Crippen LogP contribution >= 0.6 is 0 Å². The fraction of sp³-hybridized carbons (Fsp3) is 0.643. The van der Waals surface area contributed by atoms with Gasteiger partial charge >= 0.3 is 0 Å². The van der Waals surface area contributed by atoms with Crippen molar-refractivity contribution in [2.45, 2.75) is 38.8 Å². The SMILES string of the molecule is CCC(CCCN(C)Cc1ccccn1)NC. The van der Waals surface area contributed by atoms with Crippen LogP contribution in [-0.4, -0.2) is 36.6 Å².